The Morgan fingerprint density at radius 1 is 0.800 bits per heavy atom. The van der Waals surface area contributed by atoms with Gasteiger partial charge >= 0.3 is 0 Å². The van der Waals surface area contributed by atoms with Crippen molar-refractivity contribution in [3.05, 3.63) is 18.2 Å². The van der Waals surface area contributed by atoms with Crippen LogP contribution in [0.1, 0.15) is 111 Å². The number of hydrogen-bond donors (Lipinski definition) is 2. The number of hydrogen-bond acceptors (Lipinski definition) is 3. The van der Waals surface area contributed by atoms with Gasteiger partial charge in [0.05, 0.1) is 11.4 Å². The summed E-state index contributed by atoms with van der Waals surface area (Å²) in [6.07, 6.45) is 16.6. The van der Waals surface area contributed by atoms with Crippen molar-refractivity contribution in [1.29, 1.82) is 0 Å². The summed E-state index contributed by atoms with van der Waals surface area (Å²) in [7, 11) is 0. The molecule has 4 nitrogen and oxygen atoms in total. The molecule has 1 aromatic carbocycles. The molecule has 30 heavy (non-hydrogen) atoms. The lowest BCUT2D eigenvalue weighted by molar-refractivity contribution is -0.116. The summed E-state index contributed by atoms with van der Waals surface area (Å²) in [5.74, 6) is 0.0791. The van der Waals surface area contributed by atoms with Crippen LogP contribution in [0, 0.1) is 0 Å². The minimum Gasteiger partial charge on any atom is -0.397 e. The Bertz CT molecular complexity index is 565. The first-order valence-electron chi connectivity index (χ1n) is 12.6. The number of benzene rings is 1. The second-order valence-electron chi connectivity index (χ2n) is 8.59. The molecule has 0 saturated carbocycles. The summed E-state index contributed by atoms with van der Waals surface area (Å²) < 4.78 is 0. The number of anilines is 3. The van der Waals surface area contributed by atoms with E-state index in [1.807, 2.05) is 6.07 Å². The highest BCUT2D eigenvalue weighted by Gasteiger charge is 2.10. The third-order valence-corrected chi connectivity index (χ3v) is 5.75. The second-order valence-corrected chi connectivity index (χ2v) is 8.59. The number of carbonyl (C=O) groups excluding carboxylic acids is 1. The number of unbranched alkanes of at least 4 members (excludes halogenated alkanes) is 10. The maximum atomic E-state index is 12.4. The van der Waals surface area contributed by atoms with Gasteiger partial charge in [-0.2, -0.15) is 0 Å². The van der Waals surface area contributed by atoms with Gasteiger partial charge in [-0.1, -0.05) is 85.0 Å². The summed E-state index contributed by atoms with van der Waals surface area (Å²) in [6.45, 7) is 8.79. The zero-order valence-electron chi connectivity index (χ0n) is 20.0. The lowest BCUT2D eigenvalue weighted by atomic mass is 10.1. The highest BCUT2D eigenvalue weighted by atomic mass is 16.1. The number of amides is 1. The van der Waals surface area contributed by atoms with Crippen LogP contribution in [0.2, 0.25) is 0 Å². The first-order chi connectivity index (χ1) is 14.6. The van der Waals surface area contributed by atoms with Gasteiger partial charge in [0.2, 0.25) is 5.91 Å². The molecule has 1 aromatic rings. The molecule has 172 valence electrons. The van der Waals surface area contributed by atoms with Gasteiger partial charge in [-0.3, -0.25) is 4.79 Å². The quantitative estimate of drug-likeness (QED) is 0.192. The molecule has 0 bridgehead atoms. The molecule has 0 heterocycles. The molecule has 0 spiro atoms. The molecule has 0 aliphatic rings. The smallest absolute Gasteiger partial charge is 0.224 e. The van der Waals surface area contributed by atoms with Crippen LogP contribution in [0.4, 0.5) is 17.1 Å². The van der Waals surface area contributed by atoms with Crippen molar-refractivity contribution in [3.8, 4) is 0 Å². The van der Waals surface area contributed by atoms with Gasteiger partial charge in [-0.25, -0.2) is 0 Å². The summed E-state index contributed by atoms with van der Waals surface area (Å²) in [6, 6.07) is 6.06. The van der Waals surface area contributed by atoms with Crippen molar-refractivity contribution in [2.24, 2.45) is 0 Å². The Hall–Kier alpha value is -1.71. The minimum absolute atomic E-state index is 0.0791. The lowest BCUT2D eigenvalue weighted by Crippen LogP contribution is -2.25. The third kappa shape index (κ3) is 11.5. The van der Waals surface area contributed by atoms with Gasteiger partial charge in [0.1, 0.15) is 0 Å². The molecule has 0 aliphatic heterocycles. The average molecular weight is 418 g/mol. The van der Waals surface area contributed by atoms with E-state index in [4.69, 9.17) is 5.73 Å². The van der Waals surface area contributed by atoms with Crippen LogP contribution in [0.5, 0.6) is 0 Å². The molecular formula is C26H47N3O. The summed E-state index contributed by atoms with van der Waals surface area (Å²) >= 11 is 0. The molecule has 0 aliphatic carbocycles. The van der Waals surface area contributed by atoms with Crippen molar-refractivity contribution in [1.82, 2.24) is 0 Å². The second kappa shape index (κ2) is 17.0. The Morgan fingerprint density at radius 3 is 1.90 bits per heavy atom. The van der Waals surface area contributed by atoms with Gasteiger partial charge in [-0.15, -0.1) is 0 Å². The zero-order valence-corrected chi connectivity index (χ0v) is 20.0. The van der Waals surface area contributed by atoms with E-state index in [9.17, 15) is 4.79 Å². The monoisotopic (exact) mass is 417 g/mol. The average Bonchev–Trinajstić information content (AvgIpc) is 2.74. The van der Waals surface area contributed by atoms with E-state index >= 15 is 0 Å². The van der Waals surface area contributed by atoms with E-state index in [1.54, 1.807) is 0 Å². The predicted octanol–water partition coefficient (Wildman–Crippen LogP) is 7.53. The van der Waals surface area contributed by atoms with Crippen molar-refractivity contribution in [2.75, 3.05) is 29.0 Å². The fraction of sp³-hybridized carbons (Fsp3) is 0.731. The van der Waals surface area contributed by atoms with Crippen LogP contribution < -0.4 is 16.0 Å². The van der Waals surface area contributed by atoms with Gasteiger partial charge in [-0.05, 0) is 37.5 Å². The molecule has 1 amide bonds. The number of nitrogen functional groups attached to an aromatic ring is 1. The SMILES string of the molecule is CCCCCCCCCCCC(=O)Nc1cc(N(CCCC)CCCC)ccc1N. The minimum atomic E-state index is 0.0791. The van der Waals surface area contributed by atoms with Gasteiger partial charge < -0.3 is 16.0 Å². The van der Waals surface area contributed by atoms with Crippen LogP contribution >= 0.6 is 0 Å². The normalized spacial score (nSPS) is 10.9. The number of carbonyl (C=O) groups is 1. The lowest BCUT2D eigenvalue weighted by Gasteiger charge is -2.25. The van der Waals surface area contributed by atoms with E-state index in [1.165, 1.54) is 70.6 Å². The van der Waals surface area contributed by atoms with Crippen LogP contribution in [-0.2, 0) is 4.79 Å². The van der Waals surface area contributed by atoms with Crippen LogP contribution in [0.3, 0.4) is 0 Å². The third-order valence-electron chi connectivity index (χ3n) is 5.75. The maximum absolute atomic E-state index is 12.4. The van der Waals surface area contributed by atoms with Gasteiger partial charge in [0, 0.05) is 25.2 Å². The predicted molar refractivity (Wildman–Crippen MR) is 133 cm³/mol. The largest absolute Gasteiger partial charge is 0.397 e. The van der Waals surface area contributed by atoms with Crippen LogP contribution in [0.15, 0.2) is 18.2 Å². The molecule has 0 atom stereocenters. The molecule has 0 aromatic heterocycles. The number of nitrogens with two attached hydrogens (primary N) is 1. The molecule has 4 heteroatoms. The maximum Gasteiger partial charge on any atom is 0.224 e. The fourth-order valence-corrected chi connectivity index (χ4v) is 3.73. The highest BCUT2D eigenvalue weighted by Crippen LogP contribution is 2.27. The van der Waals surface area contributed by atoms with E-state index < -0.39 is 0 Å². The first-order valence-corrected chi connectivity index (χ1v) is 12.6. The summed E-state index contributed by atoms with van der Waals surface area (Å²) in [4.78, 5) is 14.8. The topological polar surface area (TPSA) is 58.4 Å². The standard InChI is InChI=1S/C26H47N3O/c1-4-7-10-11-12-13-14-15-16-17-26(30)28-25-22-23(18-19-24(25)27)29(20-8-5-2)21-9-6-3/h18-19,22H,4-17,20-21,27H2,1-3H3,(H,28,30). The van der Waals surface area contributed by atoms with Crippen molar-refractivity contribution in [3.63, 3.8) is 0 Å². The molecule has 0 fully saturated rings. The number of nitrogens with zero attached hydrogens (tertiary/aromatic N) is 1. The Labute approximate surface area is 186 Å². The van der Waals surface area contributed by atoms with Crippen molar-refractivity contribution < 1.29 is 4.79 Å². The molecule has 3 N–H and O–H groups in total. The summed E-state index contributed by atoms with van der Waals surface area (Å²) in [5.41, 5.74) is 8.71. The van der Waals surface area contributed by atoms with Crippen molar-refractivity contribution >= 4 is 23.0 Å². The Kier molecular flexibility index (Phi) is 14.9. The van der Waals surface area contributed by atoms with E-state index in [2.05, 4.69) is 43.1 Å². The number of rotatable bonds is 18. The zero-order chi connectivity index (χ0) is 22.0. The van der Waals surface area contributed by atoms with E-state index in [0.29, 0.717) is 12.1 Å². The molecule has 0 saturated heterocycles. The van der Waals surface area contributed by atoms with Gasteiger partial charge in [0.15, 0.2) is 0 Å². The Balaban J connectivity index is 2.43. The first kappa shape index (κ1) is 26.3. The highest BCUT2D eigenvalue weighted by molar-refractivity contribution is 5.94. The molecular weight excluding hydrogens is 370 g/mol. The van der Waals surface area contributed by atoms with Crippen LogP contribution in [0.25, 0.3) is 0 Å². The molecule has 1 rings (SSSR count). The number of nitrogens with one attached hydrogen (secondary N) is 1. The molecule has 0 unspecified atom stereocenters. The van der Waals surface area contributed by atoms with E-state index in [-0.39, 0.29) is 5.91 Å². The van der Waals surface area contributed by atoms with Crippen molar-refractivity contribution in [2.45, 2.75) is 111 Å². The van der Waals surface area contributed by atoms with E-state index in [0.717, 1.165) is 37.3 Å². The summed E-state index contributed by atoms with van der Waals surface area (Å²) in [5, 5.41) is 3.05. The molecule has 0 radical (unpaired) electrons. The van der Waals surface area contributed by atoms with Gasteiger partial charge in [0.25, 0.3) is 0 Å². The fourth-order valence-electron chi connectivity index (χ4n) is 3.73. The van der Waals surface area contributed by atoms with Crippen LogP contribution in [-0.4, -0.2) is 19.0 Å². The Morgan fingerprint density at radius 2 is 1.33 bits per heavy atom.